The Labute approximate surface area is 149 Å². The molecule has 0 saturated carbocycles. The van der Waals surface area contributed by atoms with Gasteiger partial charge in [0, 0.05) is 0 Å². The number of para-hydroxylation sites is 2. The molecular formula is C19H23NO4S. The van der Waals surface area contributed by atoms with E-state index in [1.54, 1.807) is 48.5 Å². The molecule has 134 valence electrons. The summed E-state index contributed by atoms with van der Waals surface area (Å²) in [7, 11) is -3.76. The van der Waals surface area contributed by atoms with Crippen LogP contribution in [-0.2, 0) is 10.0 Å². The Morgan fingerprint density at radius 2 is 1.64 bits per heavy atom. The first-order valence-electron chi connectivity index (χ1n) is 8.12. The van der Waals surface area contributed by atoms with E-state index in [0.717, 1.165) is 0 Å². The van der Waals surface area contributed by atoms with Crippen LogP contribution in [0, 0.1) is 0 Å². The van der Waals surface area contributed by atoms with Crippen LogP contribution in [-0.4, -0.2) is 28.2 Å². The minimum atomic E-state index is -3.76. The van der Waals surface area contributed by atoms with E-state index in [1.807, 2.05) is 19.9 Å². The molecular weight excluding hydrogens is 338 g/mol. The molecule has 2 rings (SSSR count). The van der Waals surface area contributed by atoms with Gasteiger partial charge in [0.2, 0.25) is 0 Å². The fraction of sp³-hybridized carbons (Fsp3) is 0.263. The lowest BCUT2D eigenvalue weighted by Gasteiger charge is -2.25. The van der Waals surface area contributed by atoms with E-state index in [9.17, 15) is 8.42 Å². The fourth-order valence-electron chi connectivity index (χ4n) is 2.39. The number of sulfonamides is 1. The summed E-state index contributed by atoms with van der Waals surface area (Å²) in [6.07, 6.45) is 1.55. The van der Waals surface area contributed by atoms with Crippen molar-refractivity contribution in [3.8, 4) is 11.5 Å². The standard InChI is InChI=1S/C19H23NO4S/c1-4-15-20(18-9-7-8-10-19(18)24-6-3)25(21,22)17-13-11-16(12-14-17)23-5-2/h4,7-14H,1,5-6,15H2,2-3H3. The van der Waals surface area contributed by atoms with Crippen LogP contribution in [0.1, 0.15) is 13.8 Å². The van der Waals surface area contributed by atoms with Crippen LogP contribution in [0.3, 0.4) is 0 Å². The Kier molecular flexibility index (Phi) is 6.47. The van der Waals surface area contributed by atoms with Gasteiger partial charge in [0.15, 0.2) is 0 Å². The monoisotopic (exact) mass is 361 g/mol. The third kappa shape index (κ3) is 4.33. The van der Waals surface area contributed by atoms with Crippen LogP contribution in [0.15, 0.2) is 66.1 Å². The van der Waals surface area contributed by atoms with Gasteiger partial charge in [0.05, 0.1) is 30.3 Å². The van der Waals surface area contributed by atoms with Gasteiger partial charge in [-0.05, 0) is 50.2 Å². The van der Waals surface area contributed by atoms with Crippen LogP contribution in [0.2, 0.25) is 0 Å². The molecule has 0 aliphatic heterocycles. The molecule has 0 saturated heterocycles. The fourth-order valence-corrected chi connectivity index (χ4v) is 3.83. The lowest BCUT2D eigenvalue weighted by molar-refractivity contribution is 0.340. The van der Waals surface area contributed by atoms with Gasteiger partial charge in [-0.15, -0.1) is 6.58 Å². The maximum atomic E-state index is 13.1. The van der Waals surface area contributed by atoms with Gasteiger partial charge < -0.3 is 9.47 Å². The van der Waals surface area contributed by atoms with E-state index < -0.39 is 10.0 Å². The summed E-state index contributed by atoms with van der Waals surface area (Å²) in [6, 6.07) is 13.4. The summed E-state index contributed by atoms with van der Waals surface area (Å²) in [4.78, 5) is 0.184. The van der Waals surface area contributed by atoms with E-state index >= 15 is 0 Å². The Balaban J connectivity index is 2.46. The summed E-state index contributed by atoms with van der Waals surface area (Å²) >= 11 is 0. The van der Waals surface area contributed by atoms with Gasteiger partial charge in [-0.3, -0.25) is 4.31 Å². The number of rotatable bonds is 9. The molecule has 2 aromatic rings. The molecule has 0 fully saturated rings. The van der Waals surface area contributed by atoms with E-state index in [1.165, 1.54) is 4.31 Å². The van der Waals surface area contributed by atoms with Gasteiger partial charge in [0.25, 0.3) is 10.0 Å². The second-order valence-electron chi connectivity index (χ2n) is 5.13. The van der Waals surface area contributed by atoms with Crippen LogP contribution in [0.25, 0.3) is 0 Å². The summed E-state index contributed by atoms with van der Waals surface area (Å²) < 4.78 is 38.5. The lowest BCUT2D eigenvalue weighted by atomic mass is 10.3. The van der Waals surface area contributed by atoms with E-state index in [4.69, 9.17) is 9.47 Å². The molecule has 25 heavy (non-hydrogen) atoms. The quantitative estimate of drug-likeness (QED) is 0.636. The first-order chi connectivity index (χ1) is 12.0. The van der Waals surface area contributed by atoms with Crippen molar-refractivity contribution in [2.75, 3.05) is 24.1 Å². The predicted octanol–water partition coefficient (Wildman–Crippen LogP) is 3.87. The number of benzene rings is 2. The smallest absolute Gasteiger partial charge is 0.264 e. The van der Waals surface area contributed by atoms with Crippen LogP contribution in [0.5, 0.6) is 11.5 Å². The van der Waals surface area contributed by atoms with Crippen molar-refractivity contribution in [1.82, 2.24) is 0 Å². The second-order valence-corrected chi connectivity index (χ2v) is 6.99. The average molecular weight is 361 g/mol. The molecule has 0 N–H and O–H groups in total. The van der Waals surface area contributed by atoms with E-state index in [0.29, 0.717) is 30.4 Å². The molecule has 0 aromatic heterocycles. The number of ether oxygens (including phenoxy) is 2. The molecule has 0 aliphatic rings. The Morgan fingerprint density at radius 1 is 1.00 bits per heavy atom. The summed E-state index contributed by atoms with van der Waals surface area (Å²) in [6.45, 7) is 8.52. The maximum absolute atomic E-state index is 13.1. The maximum Gasteiger partial charge on any atom is 0.264 e. The third-order valence-corrected chi connectivity index (χ3v) is 5.25. The average Bonchev–Trinajstić information content (AvgIpc) is 2.61. The largest absolute Gasteiger partial charge is 0.494 e. The van der Waals surface area contributed by atoms with Crippen molar-refractivity contribution in [2.24, 2.45) is 0 Å². The van der Waals surface area contributed by atoms with Crippen LogP contribution in [0.4, 0.5) is 5.69 Å². The number of hydrogen-bond donors (Lipinski definition) is 0. The molecule has 0 heterocycles. The lowest BCUT2D eigenvalue weighted by Crippen LogP contribution is -2.31. The summed E-state index contributed by atoms with van der Waals surface area (Å²) in [5, 5.41) is 0. The molecule has 0 unspecified atom stereocenters. The van der Waals surface area contributed by atoms with E-state index in [2.05, 4.69) is 6.58 Å². The highest BCUT2D eigenvalue weighted by Gasteiger charge is 2.26. The van der Waals surface area contributed by atoms with Crippen molar-refractivity contribution in [3.63, 3.8) is 0 Å². The molecule has 0 spiro atoms. The third-order valence-electron chi connectivity index (χ3n) is 3.45. The van der Waals surface area contributed by atoms with Crippen molar-refractivity contribution in [1.29, 1.82) is 0 Å². The zero-order chi connectivity index (χ0) is 18.3. The SMILES string of the molecule is C=CCN(c1ccccc1OCC)S(=O)(=O)c1ccc(OCC)cc1. The Morgan fingerprint density at radius 3 is 2.24 bits per heavy atom. The number of hydrogen-bond acceptors (Lipinski definition) is 4. The zero-order valence-electron chi connectivity index (χ0n) is 14.5. The minimum Gasteiger partial charge on any atom is -0.494 e. The molecule has 2 aromatic carbocycles. The topological polar surface area (TPSA) is 55.8 Å². The normalized spacial score (nSPS) is 11.0. The minimum absolute atomic E-state index is 0.139. The first-order valence-corrected chi connectivity index (χ1v) is 9.56. The Bertz CT molecular complexity index is 800. The van der Waals surface area contributed by atoms with Gasteiger partial charge in [-0.25, -0.2) is 8.42 Å². The molecule has 6 heteroatoms. The van der Waals surface area contributed by atoms with Crippen molar-refractivity contribution in [2.45, 2.75) is 18.7 Å². The number of nitrogens with zero attached hydrogens (tertiary/aromatic N) is 1. The highest BCUT2D eigenvalue weighted by Crippen LogP contribution is 2.32. The summed E-state index contributed by atoms with van der Waals surface area (Å²) in [5.41, 5.74) is 0.484. The first kappa shape index (κ1) is 18.9. The predicted molar refractivity (Wildman–Crippen MR) is 100.0 cm³/mol. The zero-order valence-corrected chi connectivity index (χ0v) is 15.3. The highest BCUT2D eigenvalue weighted by atomic mass is 32.2. The van der Waals surface area contributed by atoms with Gasteiger partial charge in [-0.2, -0.15) is 0 Å². The van der Waals surface area contributed by atoms with E-state index in [-0.39, 0.29) is 11.4 Å². The van der Waals surface area contributed by atoms with Crippen molar-refractivity contribution in [3.05, 3.63) is 61.2 Å². The van der Waals surface area contributed by atoms with Crippen LogP contribution < -0.4 is 13.8 Å². The second kappa shape index (κ2) is 8.58. The molecule has 0 radical (unpaired) electrons. The van der Waals surface area contributed by atoms with Crippen LogP contribution >= 0.6 is 0 Å². The molecule has 5 nitrogen and oxygen atoms in total. The van der Waals surface area contributed by atoms with Crippen molar-refractivity contribution < 1.29 is 17.9 Å². The highest BCUT2D eigenvalue weighted by molar-refractivity contribution is 7.92. The summed E-state index contributed by atoms with van der Waals surface area (Å²) in [5.74, 6) is 1.15. The van der Waals surface area contributed by atoms with Gasteiger partial charge >= 0.3 is 0 Å². The molecule has 0 bridgehead atoms. The molecule has 0 atom stereocenters. The van der Waals surface area contributed by atoms with Gasteiger partial charge in [-0.1, -0.05) is 18.2 Å². The number of anilines is 1. The van der Waals surface area contributed by atoms with Gasteiger partial charge in [0.1, 0.15) is 11.5 Å². The van der Waals surface area contributed by atoms with Crippen molar-refractivity contribution >= 4 is 15.7 Å². The Hall–Kier alpha value is -2.47. The molecule has 0 amide bonds. The molecule has 0 aliphatic carbocycles.